The molecule has 1 unspecified atom stereocenters. The zero-order valence-corrected chi connectivity index (χ0v) is 12.6. The first-order valence-corrected chi connectivity index (χ1v) is 6.91. The van der Waals surface area contributed by atoms with Gasteiger partial charge in [0.05, 0.1) is 0 Å². The Bertz CT molecular complexity index is 629. The predicted octanol–water partition coefficient (Wildman–Crippen LogP) is 4.17. The summed E-state index contributed by atoms with van der Waals surface area (Å²) in [4.78, 5) is 0. The second-order valence-electron chi connectivity index (χ2n) is 5.98. The van der Waals surface area contributed by atoms with Crippen LogP contribution in [0.5, 0.6) is 0 Å². The Morgan fingerprint density at radius 3 is 2.35 bits per heavy atom. The second kappa shape index (κ2) is 5.37. The molecular formula is C18H22FN. The first kappa shape index (κ1) is 14.7. The highest BCUT2D eigenvalue weighted by Crippen LogP contribution is 2.28. The average Bonchev–Trinajstić information content (AvgIpc) is 2.35. The first-order valence-electron chi connectivity index (χ1n) is 6.91. The fourth-order valence-electron chi connectivity index (χ4n) is 2.70. The van der Waals surface area contributed by atoms with E-state index in [0.717, 1.165) is 16.7 Å². The maximum Gasteiger partial charge on any atom is 0.123 e. The van der Waals surface area contributed by atoms with Gasteiger partial charge in [-0.25, -0.2) is 4.39 Å². The second-order valence-corrected chi connectivity index (χ2v) is 5.98. The molecule has 0 amide bonds. The largest absolute Gasteiger partial charge is 0.321 e. The zero-order chi connectivity index (χ0) is 14.9. The minimum Gasteiger partial charge on any atom is -0.321 e. The molecule has 0 fully saturated rings. The SMILES string of the molecule is Cc1ccc(C)c(C(C)(N)Cc2ccc(F)cc2C)c1. The van der Waals surface area contributed by atoms with E-state index in [4.69, 9.17) is 5.73 Å². The molecule has 2 N–H and O–H groups in total. The number of hydrogen-bond donors (Lipinski definition) is 1. The van der Waals surface area contributed by atoms with Crippen molar-refractivity contribution in [1.82, 2.24) is 0 Å². The van der Waals surface area contributed by atoms with Gasteiger partial charge in [0.15, 0.2) is 0 Å². The maximum absolute atomic E-state index is 13.2. The van der Waals surface area contributed by atoms with E-state index in [9.17, 15) is 4.39 Å². The van der Waals surface area contributed by atoms with Gasteiger partial charge in [0.1, 0.15) is 5.82 Å². The van der Waals surface area contributed by atoms with Crippen molar-refractivity contribution in [3.8, 4) is 0 Å². The molecule has 0 bridgehead atoms. The number of nitrogens with two attached hydrogens (primary N) is 1. The molecule has 0 spiro atoms. The first-order chi connectivity index (χ1) is 9.29. The van der Waals surface area contributed by atoms with Gasteiger partial charge in [0, 0.05) is 5.54 Å². The zero-order valence-electron chi connectivity index (χ0n) is 12.6. The fourth-order valence-corrected chi connectivity index (χ4v) is 2.70. The van der Waals surface area contributed by atoms with E-state index in [1.165, 1.54) is 17.2 Å². The molecule has 1 nitrogen and oxygen atoms in total. The van der Waals surface area contributed by atoms with E-state index in [1.807, 2.05) is 19.9 Å². The van der Waals surface area contributed by atoms with Crippen LogP contribution in [-0.4, -0.2) is 0 Å². The van der Waals surface area contributed by atoms with Crippen LogP contribution >= 0.6 is 0 Å². The van der Waals surface area contributed by atoms with Gasteiger partial charge in [-0.05, 0) is 68.5 Å². The van der Waals surface area contributed by atoms with Crippen LogP contribution in [0.4, 0.5) is 4.39 Å². The van der Waals surface area contributed by atoms with Gasteiger partial charge < -0.3 is 5.73 Å². The van der Waals surface area contributed by atoms with E-state index in [2.05, 4.69) is 32.0 Å². The summed E-state index contributed by atoms with van der Waals surface area (Å²) >= 11 is 0. The molecule has 2 aromatic rings. The topological polar surface area (TPSA) is 26.0 Å². The van der Waals surface area contributed by atoms with Crippen molar-refractivity contribution in [2.24, 2.45) is 5.73 Å². The monoisotopic (exact) mass is 271 g/mol. The Morgan fingerprint density at radius 1 is 1.00 bits per heavy atom. The van der Waals surface area contributed by atoms with Gasteiger partial charge in [0.25, 0.3) is 0 Å². The van der Waals surface area contributed by atoms with Crippen molar-refractivity contribution < 1.29 is 4.39 Å². The normalized spacial score (nSPS) is 14.1. The lowest BCUT2D eigenvalue weighted by molar-refractivity contribution is 0.486. The van der Waals surface area contributed by atoms with Crippen LogP contribution in [0.3, 0.4) is 0 Å². The smallest absolute Gasteiger partial charge is 0.123 e. The molecule has 20 heavy (non-hydrogen) atoms. The Kier molecular flexibility index (Phi) is 3.96. The third-order valence-corrected chi connectivity index (χ3v) is 3.87. The summed E-state index contributed by atoms with van der Waals surface area (Å²) < 4.78 is 13.2. The average molecular weight is 271 g/mol. The standard InChI is InChI=1S/C18H22FN/c1-12-5-6-13(2)17(9-12)18(4,20)11-15-7-8-16(19)10-14(15)3/h5-10H,11,20H2,1-4H3. The van der Waals surface area contributed by atoms with Crippen molar-refractivity contribution in [1.29, 1.82) is 0 Å². The fraction of sp³-hybridized carbons (Fsp3) is 0.333. The highest BCUT2D eigenvalue weighted by Gasteiger charge is 2.24. The van der Waals surface area contributed by atoms with Gasteiger partial charge in [-0.15, -0.1) is 0 Å². The molecule has 2 rings (SSSR count). The number of halogens is 1. The molecule has 2 aromatic carbocycles. The van der Waals surface area contributed by atoms with Crippen LogP contribution in [0.2, 0.25) is 0 Å². The minimum atomic E-state index is -0.460. The summed E-state index contributed by atoms with van der Waals surface area (Å²) in [7, 11) is 0. The van der Waals surface area contributed by atoms with Crippen molar-refractivity contribution >= 4 is 0 Å². The summed E-state index contributed by atoms with van der Waals surface area (Å²) in [6, 6.07) is 11.2. The molecule has 0 radical (unpaired) electrons. The van der Waals surface area contributed by atoms with Gasteiger partial charge in [0.2, 0.25) is 0 Å². The van der Waals surface area contributed by atoms with Crippen LogP contribution in [0, 0.1) is 26.6 Å². The molecular weight excluding hydrogens is 249 g/mol. The van der Waals surface area contributed by atoms with Crippen LogP contribution in [-0.2, 0) is 12.0 Å². The molecule has 106 valence electrons. The Balaban J connectivity index is 2.37. The number of rotatable bonds is 3. The molecule has 0 saturated heterocycles. The summed E-state index contributed by atoms with van der Waals surface area (Å²) in [6.07, 6.45) is 0.698. The third kappa shape index (κ3) is 3.07. The molecule has 0 aliphatic heterocycles. The number of aryl methyl sites for hydroxylation is 3. The quantitative estimate of drug-likeness (QED) is 0.891. The molecule has 0 saturated carbocycles. The van der Waals surface area contributed by atoms with Crippen LogP contribution in [0.15, 0.2) is 36.4 Å². The number of hydrogen-bond acceptors (Lipinski definition) is 1. The van der Waals surface area contributed by atoms with Crippen molar-refractivity contribution in [2.45, 2.75) is 39.7 Å². The Labute approximate surface area is 120 Å². The number of benzene rings is 2. The van der Waals surface area contributed by atoms with E-state index >= 15 is 0 Å². The summed E-state index contributed by atoms with van der Waals surface area (Å²) in [5, 5.41) is 0. The van der Waals surface area contributed by atoms with Crippen LogP contribution in [0.25, 0.3) is 0 Å². The van der Waals surface area contributed by atoms with E-state index in [0.29, 0.717) is 6.42 Å². The van der Waals surface area contributed by atoms with Crippen molar-refractivity contribution in [3.05, 3.63) is 70.0 Å². The summed E-state index contributed by atoms with van der Waals surface area (Å²) in [6.45, 7) is 8.12. The molecule has 0 aromatic heterocycles. The molecule has 1 atom stereocenters. The van der Waals surface area contributed by atoms with Crippen molar-refractivity contribution in [3.63, 3.8) is 0 Å². The molecule has 0 aliphatic carbocycles. The van der Waals surface area contributed by atoms with Gasteiger partial charge in [-0.3, -0.25) is 0 Å². The lowest BCUT2D eigenvalue weighted by atomic mass is 9.82. The lowest BCUT2D eigenvalue weighted by Gasteiger charge is -2.28. The summed E-state index contributed by atoms with van der Waals surface area (Å²) in [5.41, 5.74) is 11.7. The Morgan fingerprint density at radius 2 is 1.70 bits per heavy atom. The van der Waals surface area contributed by atoms with Gasteiger partial charge in [-0.1, -0.05) is 29.8 Å². The molecule has 2 heteroatoms. The Hall–Kier alpha value is -1.67. The van der Waals surface area contributed by atoms with E-state index < -0.39 is 5.54 Å². The highest BCUT2D eigenvalue weighted by atomic mass is 19.1. The van der Waals surface area contributed by atoms with Gasteiger partial charge >= 0.3 is 0 Å². The predicted molar refractivity (Wildman–Crippen MR) is 82.3 cm³/mol. The third-order valence-electron chi connectivity index (χ3n) is 3.87. The molecule has 0 heterocycles. The minimum absolute atomic E-state index is 0.197. The van der Waals surface area contributed by atoms with Crippen LogP contribution in [0.1, 0.15) is 34.7 Å². The molecule has 0 aliphatic rings. The summed E-state index contributed by atoms with van der Waals surface area (Å²) in [5.74, 6) is -0.197. The lowest BCUT2D eigenvalue weighted by Crippen LogP contribution is -2.36. The highest BCUT2D eigenvalue weighted by molar-refractivity contribution is 5.38. The van der Waals surface area contributed by atoms with E-state index in [-0.39, 0.29) is 5.82 Å². The maximum atomic E-state index is 13.2. The van der Waals surface area contributed by atoms with Crippen LogP contribution < -0.4 is 5.73 Å². The van der Waals surface area contributed by atoms with Gasteiger partial charge in [-0.2, -0.15) is 0 Å². The van der Waals surface area contributed by atoms with Crippen molar-refractivity contribution in [2.75, 3.05) is 0 Å². The van der Waals surface area contributed by atoms with E-state index in [1.54, 1.807) is 6.07 Å².